The van der Waals surface area contributed by atoms with E-state index in [2.05, 4.69) is 0 Å². The first kappa shape index (κ1) is 16.6. The molecule has 2 unspecified atom stereocenters. The van der Waals surface area contributed by atoms with Gasteiger partial charge in [-0.25, -0.2) is 9.59 Å². The Morgan fingerprint density at radius 1 is 0.682 bits per heavy atom. The molecule has 6 heteroatoms. The minimum atomic E-state index is -0.902. The lowest BCUT2D eigenvalue weighted by Crippen LogP contribution is -2.03. The average molecular weight is 334 g/mol. The normalized spacial score (nSPS) is 11.5. The van der Waals surface area contributed by atoms with E-state index in [0.29, 0.717) is 28.3 Å². The monoisotopic (exact) mass is 334 g/mol. The van der Waals surface area contributed by atoms with Crippen LogP contribution >= 0.6 is 17.2 Å². The van der Waals surface area contributed by atoms with Gasteiger partial charge in [0.2, 0.25) is 0 Å². The van der Waals surface area contributed by atoms with Crippen LogP contribution < -0.4 is 10.6 Å². The van der Waals surface area contributed by atoms with Crippen molar-refractivity contribution >= 4 is 39.7 Å². The predicted molar refractivity (Wildman–Crippen MR) is 92.4 cm³/mol. The molecule has 0 fully saturated rings. The lowest BCUT2D eigenvalue weighted by Gasteiger charge is -2.04. The first-order valence-electron chi connectivity index (χ1n) is 6.71. The van der Waals surface area contributed by atoms with Crippen LogP contribution in [0.5, 0.6) is 0 Å². The van der Waals surface area contributed by atoms with Crippen molar-refractivity contribution in [1.82, 2.24) is 0 Å². The fraction of sp³-hybridized carbons (Fsp3) is 0.125. The molecule has 0 aromatic heterocycles. The summed E-state index contributed by atoms with van der Waals surface area (Å²) in [5.41, 5.74) is 0.628. The molecule has 0 bridgehead atoms. The topological polar surface area (TPSA) is 74.6 Å². The van der Waals surface area contributed by atoms with E-state index in [1.54, 1.807) is 24.3 Å². The maximum absolute atomic E-state index is 10.8. The maximum atomic E-state index is 10.8. The van der Waals surface area contributed by atoms with Crippen LogP contribution in [0.3, 0.4) is 0 Å². The third-order valence-electron chi connectivity index (χ3n) is 3.05. The lowest BCUT2D eigenvalue weighted by atomic mass is 10.2. The van der Waals surface area contributed by atoms with Crippen molar-refractivity contribution in [1.29, 1.82) is 0 Å². The van der Waals surface area contributed by atoms with Gasteiger partial charge in [0.15, 0.2) is 0 Å². The van der Waals surface area contributed by atoms with Gasteiger partial charge in [0, 0.05) is 0 Å². The summed E-state index contributed by atoms with van der Waals surface area (Å²) in [5.74, 6) is -1.80. The van der Waals surface area contributed by atoms with Crippen molar-refractivity contribution in [3.8, 4) is 0 Å². The number of carboxylic acids is 2. The molecule has 0 saturated carbocycles. The summed E-state index contributed by atoms with van der Waals surface area (Å²) in [6.45, 7) is 0. The van der Waals surface area contributed by atoms with Crippen LogP contribution in [0.15, 0.2) is 48.5 Å². The van der Waals surface area contributed by atoms with Crippen molar-refractivity contribution in [3.05, 3.63) is 59.7 Å². The van der Waals surface area contributed by atoms with Crippen LogP contribution in [-0.4, -0.2) is 34.5 Å². The second-order valence-electron chi connectivity index (χ2n) is 4.62. The number of aromatic carboxylic acids is 2. The standard InChI is InChI=1S/C16H16O4P2/c17-15(18)11-1-5-13(6-2-11)21-9-10-22-14-7-3-12(4-8-14)16(19)20/h1-8,21-22H,9-10H2,(H,17,18)(H,19,20). The first-order valence-corrected chi connectivity index (χ1v) is 9.12. The molecule has 22 heavy (non-hydrogen) atoms. The van der Waals surface area contributed by atoms with Gasteiger partial charge in [0.05, 0.1) is 11.1 Å². The number of rotatable bonds is 7. The summed E-state index contributed by atoms with van der Waals surface area (Å²) in [7, 11) is 1.32. The molecule has 0 heterocycles. The second kappa shape index (κ2) is 8.03. The molecular formula is C16H16O4P2. The molecule has 0 radical (unpaired) electrons. The van der Waals surface area contributed by atoms with Crippen LogP contribution in [-0.2, 0) is 0 Å². The minimum Gasteiger partial charge on any atom is -0.478 e. The van der Waals surface area contributed by atoms with E-state index in [1.807, 2.05) is 24.3 Å². The fourth-order valence-electron chi connectivity index (χ4n) is 1.87. The van der Waals surface area contributed by atoms with Gasteiger partial charge in [-0.1, -0.05) is 41.4 Å². The molecule has 114 valence electrons. The van der Waals surface area contributed by atoms with Gasteiger partial charge < -0.3 is 10.2 Å². The van der Waals surface area contributed by atoms with Gasteiger partial charge in [-0.2, -0.15) is 0 Å². The summed E-state index contributed by atoms with van der Waals surface area (Å²) in [6.07, 6.45) is 2.09. The van der Waals surface area contributed by atoms with Crippen LogP contribution in [0.2, 0.25) is 0 Å². The molecule has 2 atom stereocenters. The van der Waals surface area contributed by atoms with Crippen LogP contribution in [0, 0.1) is 0 Å². The van der Waals surface area contributed by atoms with E-state index in [1.165, 1.54) is 0 Å². The van der Waals surface area contributed by atoms with Gasteiger partial charge >= 0.3 is 11.9 Å². The Morgan fingerprint density at radius 3 is 1.27 bits per heavy atom. The highest BCUT2D eigenvalue weighted by Gasteiger charge is 2.03. The predicted octanol–water partition coefficient (Wildman–Crippen LogP) is 2.39. The number of benzene rings is 2. The zero-order chi connectivity index (χ0) is 15.9. The Balaban J connectivity index is 1.77. The molecular weight excluding hydrogens is 318 g/mol. The Labute approximate surface area is 132 Å². The van der Waals surface area contributed by atoms with Crippen LogP contribution in [0.25, 0.3) is 0 Å². The van der Waals surface area contributed by atoms with Crippen LogP contribution in [0.4, 0.5) is 0 Å². The highest BCUT2D eigenvalue weighted by molar-refractivity contribution is 7.51. The lowest BCUT2D eigenvalue weighted by molar-refractivity contribution is 0.0686. The van der Waals surface area contributed by atoms with E-state index in [4.69, 9.17) is 10.2 Å². The fourth-order valence-corrected chi connectivity index (χ4v) is 4.26. The second-order valence-corrected chi connectivity index (χ2v) is 7.48. The van der Waals surface area contributed by atoms with Gasteiger partial charge in [-0.3, -0.25) is 0 Å². The summed E-state index contributed by atoms with van der Waals surface area (Å²) >= 11 is 0. The van der Waals surface area contributed by atoms with E-state index in [9.17, 15) is 9.59 Å². The summed E-state index contributed by atoms with van der Waals surface area (Å²) in [6, 6.07) is 14.0. The average Bonchev–Trinajstić information content (AvgIpc) is 2.52. The molecule has 2 rings (SSSR count). The highest BCUT2D eigenvalue weighted by atomic mass is 31.1. The largest absolute Gasteiger partial charge is 0.478 e. The Morgan fingerprint density at radius 2 is 1.00 bits per heavy atom. The van der Waals surface area contributed by atoms with E-state index >= 15 is 0 Å². The summed E-state index contributed by atoms with van der Waals surface area (Å²) in [5, 5.41) is 20.0. The molecule has 4 nitrogen and oxygen atoms in total. The highest BCUT2D eigenvalue weighted by Crippen LogP contribution is 2.17. The molecule has 0 saturated heterocycles. The molecule has 0 amide bonds. The number of carbonyl (C=O) groups is 2. The van der Waals surface area contributed by atoms with E-state index < -0.39 is 11.9 Å². The Kier molecular flexibility index (Phi) is 6.06. The number of carboxylic acid groups (broad SMARTS) is 2. The first-order chi connectivity index (χ1) is 10.6. The summed E-state index contributed by atoms with van der Waals surface area (Å²) < 4.78 is 0. The zero-order valence-electron chi connectivity index (χ0n) is 11.7. The molecule has 0 aliphatic heterocycles. The quantitative estimate of drug-likeness (QED) is 0.602. The SMILES string of the molecule is O=C(O)c1ccc(PCCPc2ccc(C(=O)O)cc2)cc1. The molecule has 2 aromatic carbocycles. The van der Waals surface area contributed by atoms with Crippen molar-refractivity contribution in [2.45, 2.75) is 0 Å². The van der Waals surface area contributed by atoms with Crippen LogP contribution in [0.1, 0.15) is 20.7 Å². The molecule has 0 aliphatic carbocycles. The summed E-state index contributed by atoms with van der Waals surface area (Å²) in [4.78, 5) is 21.5. The third-order valence-corrected chi connectivity index (χ3v) is 6.03. The van der Waals surface area contributed by atoms with Crippen molar-refractivity contribution in [3.63, 3.8) is 0 Å². The molecule has 2 aromatic rings. The maximum Gasteiger partial charge on any atom is 0.335 e. The van der Waals surface area contributed by atoms with E-state index in [0.717, 1.165) is 22.9 Å². The molecule has 0 aliphatic rings. The Bertz CT molecular complexity index is 591. The zero-order valence-corrected chi connectivity index (χ0v) is 13.7. The minimum absolute atomic E-state index is 0.314. The molecule has 0 spiro atoms. The van der Waals surface area contributed by atoms with Gasteiger partial charge in [-0.15, -0.1) is 0 Å². The van der Waals surface area contributed by atoms with Crippen molar-refractivity contribution in [2.75, 3.05) is 12.3 Å². The van der Waals surface area contributed by atoms with Crippen molar-refractivity contribution < 1.29 is 19.8 Å². The third kappa shape index (κ3) is 4.91. The van der Waals surface area contributed by atoms with Crippen molar-refractivity contribution in [2.24, 2.45) is 0 Å². The number of hydrogen-bond acceptors (Lipinski definition) is 2. The van der Waals surface area contributed by atoms with E-state index in [-0.39, 0.29) is 0 Å². The number of hydrogen-bond donors (Lipinski definition) is 2. The Hall–Kier alpha value is -1.76. The van der Waals surface area contributed by atoms with Gasteiger partial charge in [0.1, 0.15) is 0 Å². The smallest absolute Gasteiger partial charge is 0.335 e. The molecule has 2 N–H and O–H groups in total. The van der Waals surface area contributed by atoms with Gasteiger partial charge in [0.25, 0.3) is 0 Å². The van der Waals surface area contributed by atoms with Gasteiger partial charge in [-0.05, 0) is 47.2 Å².